The molecular weight excluding hydrogens is 314 g/mol. The number of aromatic hydroxyl groups is 1. The summed E-state index contributed by atoms with van der Waals surface area (Å²) in [5.74, 6) is 0.620. The standard InChI is InChI=1S/C21H27NO3/c1-22-16-7-8-17(22)12-19(11-16)25-21(24)10-15-6-9-18(23)13-20(15)14-4-2-3-5-14/h6-9,13-14,16-17,19,23H,2-5,10-12H2,1H3. The van der Waals surface area contributed by atoms with Gasteiger partial charge in [0.2, 0.25) is 0 Å². The van der Waals surface area contributed by atoms with E-state index in [1.54, 1.807) is 6.07 Å². The summed E-state index contributed by atoms with van der Waals surface area (Å²) in [6.45, 7) is 0. The van der Waals surface area contributed by atoms with Crippen molar-refractivity contribution in [3.63, 3.8) is 0 Å². The van der Waals surface area contributed by atoms with Crippen LogP contribution in [0.25, 0.3) is 0 Å². The summed E-state index contributed by atoms with van der Waals surface area (Å²) in [5.41, 5.74) is 2.16. The summed E-state index contributed by atoms with van der Waals surface area (Å²) in [5, 5.41) is 9.86. The lowest BCUT2D eigenvalue weighted by Crippen LogP contribution is -2.44. The minimum absolute atomic E-state index is 0.0146. The number of phenolic OH excluding ortho intramolecular Hbond substituents is 1. The van der Waals surface area contributed by atoms with E-state index in [2.05, 4.69) is 24.1 Å². The summed E-state index contributed by atoms with van der Waals surface area (Å²) in [6, 6.07) is 6.22. The number of esters is 1. The van der Waals surface area contributed by atoms with E-state index in [9.17, 15) is 9.90 Å². The van der Waals surface area contributed by atoms with Crippen LogP contribution in [0.1, 0.15) is 55.6 Å². The molecule has 2 fully saturated rings. The zero-order chi connectivity index (χ0) is 17.4. The number of carbonyl (C=O) groups is 1. The molecule has 4 heteroatoms. The van der Waals surface area contributed by atoms with Crippen LogP contribution in [0.4, 0.5) is 0 Å². The van der Waals surface area contributed by atoms with Crippen LogP contribution in [0.3, 0.4) is 0 Å². The van der Waals surface area contributed by atoms with Crippen LogP contribution in [-0.4, -0.2) is 41.2 Å². The minimum Gasteiger partial charge on any atom is -0.508 e. The molecule has 25 heavy (non-hydrogen) atoms. The fourth-order valence-corrected chi connectivity index (χ4v) is 4.74. The number of likely N-dealkylation sites (N-methyl/N-ethyl adjacent to an activating group) is 1. The maximum atomic E-state index is 12.5. The lowest BCUT2D eigenvalue weighted by Gasteiger charge is -2.36. The number of nitrogens with zero attached hydrogens (tertiary/aromatic N) is 1. The second-order valence-electron chi connectivity index (χ2n) is 7.81. The Kier molecular flexibility index (Phi) is 4.55. The molecule has 2 aliphatic heterocycles. The molecule has 0 spiro atoms. The fourth-order valence-electron chi connectivity index (χ4n) is 4.74. The van der Waals surface area contributed by atoms with E-state index in [0.29, 0.717) is 24.4 Å². The molecule has 1 N–H and O–H groups in total. The van der Waals surface area contributed by atoms with Crippen LogP contribution in [-0.2, 0) is 16.0 Å². The van der Waals surface area contributed by atoms with Gasteiger partial charge in [0.15, 0.2) is 0 Å². The van der Waals surface area contributed by atoms with Crippen molar-refractivity contribution in [2.24, 2.45) is 0 Å². The number of benzene rings is 1. The van der Waals surface area contributed by atoms with E-state index in [-0.39, 0.29) is 17.8 Å². The SMILES string of the molecule is CN1C2C=CC1CC(OC(=O)Cc1ccc(O)cc1C1CCCC1)C2. The number of ether oxygens (including phenoxy) is 1. The quantitative estimate of drug-likeness (QED) is 0.672. The molecule has 1 saturated heterocycles. The molecule has 3 aliphatic rings. The predicted octanol–water partition coefficient (Wildman–Crippen LogP) is 3.54. The monoisotopic (exact) mass is 341 g/mol. The first-order chi connectivity index (χ1) is 12.1. The van der Waals surface area contributed by atoms with Crippen molar-refractivity contribution in [1.82, 2.24) is 4.90 Å². The number of piperidine rings is 1. The van der Waals surface area contributed by atoms with Crippen LogP contribution in [0.5, 0.6) is 5.75 Å². The lowest BCUT2D eigenvalue weighted by molar-refractivity contribution is -0.151. The van der Waals surface area contributed by atoms with Crippen LogP contribution in [0.2, 0.25) is 0 Å². The number of rotatable bonds is 4. The maximum Gasteiger partial charge on any atom is 0.310 e. The van der Waals surface area contributed by atoms with Crippen molar-refractivity contribution < 1.29 is 14.6 Å². The van der Waals surface area contributed by atoms with Crippen LogP contribution in [0.15, 0.2) is 30.4 Å². The van der Waals surface area contributed by atoms with Crippen LogP contribution >= 0.6 is 0 Å². The first-order valence-corrected chi connectivity index (χ1v) is 9.51. The molecule has 2 atom stereocenters. The Balaban J connectivity index is 1.41. The second-order valence-corrected chi connectivity index (χ2v) is 7.81. The van der Waals surface area contributed by atoms with Crippen LogP contribution < -0.4 is 0 Å². The Morgan fingerprint density at radius 3 is 2.56 bits per heavy atom. The zero-order valence-corrected chi connectivity index (χ0v) is 14.9. The lowest BCUT2D eigenvalue weighted by atomic mass is 9.91. The third-order valence-corrected chi connectivity index (χ3v) is 6.17. The number of hydrogen-bond donors (Lipinski definition) is 1. The van der Waals surface area contributed by atoms with E-state index < -0.39 is 0 Å². The molecule has 1 aromatic carbocycles. The average molecular weight is 341 g/mol. The Morgan fingerprint density at radius 2 is 1.88 bits per heavy atom. The third kappa shape index (κ3) is 3.45. The van der Waals surface area contributed by atoms with Gasteiger partial charge in [-0.1, -0.05) is 31.1 Å². The second kappa shape index (κ2) is 6.83. The van der Waals surface area contributed by atoms with Crippen molar-refractivity contribution in [2.45, 2.75) is 69.1 Å². The summed E-state index contributed by atoms with van der Waals surface area (Å²) < 4.78 is 5.80. The van der Waals surface area contributed by atoms with E-state index in [0.717, 1.165) is 36.8 Å². The van der Waals surface area contributed by atoms with Gasteiger partial charge < -0.3 is 9.84 Å². The minimum atomic E-state index is -0.140. The van der Waals surface area contributed by atoms with Gasteiger partial charge in [-0.05, 0) is 49.1 Å². The highest BCUT2D eigenvalue weighted by molar-refractivity contribution is 5.73. The van der Waals surface area contributed by atoms with Crippen molar-refractivity contribution in [3.05, 3.63) is 41.5 Å². The van der Waals surface area contributed by atoms with E-state index >= 15 is 0 Å². The molecule has 1 saturated carbocycles. The number of phenols is 1. The molecule has 1 aliphatic carbocycles. The van der Waals surface area contributed by atoms with Gasteiger partial charge in [-0.15, -0.1) is 0 Å². The topological polar surface area (TPSA) is 49.8 Å². The van der Waals surface area contributed by atoms with Gasteiger partial charge in [0, 0.05) is 24.9 Å². The largest absolute Gasteiger partial charge is 0.508 e. The molecule has 0 radical (unpaired) electrons. The van der Waals surface area contributed by atoms with Gasteiger partial charge >= 0.3 is 5.97 Å². The van der Waals surface area contributed by atoms with Gasteiger partial charge in [0.05, 0.1) is 6.42 Å². The summed E-state index contributed by atoms with van der Waals surface area (Å²) in [6.07, 6.45) is 11.3. The van der Waals surface area contributed by atoms with Crippen molar-refractivity contribution in [1.29, 1.82) is 0 Å². The summed E-state index contributed by atoms with van der Waals surface area (Å²) in [4.78, 5) is 14.9. The molecule has 0 aromatic heterocycles. The summed E-state index contributed by atoms with van der Waals surface area (Å²) in [7, 11) is 2.14. The highest BCUT2D eigenvalue weighted by Crippen LogP contribution is 2.37. The average Bonchev–Trinajstić information content (AvgIpc) is 3.16. The van der Waals surface area contributed by atoms with Gasteiger partial charge in [-0.3, -0.25) is 9.69 Å². The number of fused-ring (bicyclic) bond motifs is 2. The number of carbonyl (C=O) groups excluding carboxylic acids is 1. The third-order valence-electron chi connectivity index (χ3n) is 6.17. The Morgan fingerprint density at radius 1 is 1.20 bits per heavy atom. The first-order valence-electron chi connectivity index (χ1n) is 9.51. The van der Waals surface area contributed by atoms with Crippen molar-refractivity contribution >= 4 is 5.97 Å². The highest BCUT2D eigenvalue weighted by atomic mass is 16.5. The highest BCUT2D eigenvalue weighted by Gasteiger charge is 2.36. The molecule has 2 unspecified atom stereocenters. The van der Waals surface area contributed by atoms with Crippen LogP contribution in [0, 0.1) is 0 Å². The molecule has 134 valence electrons. The van der Waals surface area contributed by atoms with Gasteiger partial charge in [0.1, 0.15) is 11.9 Å². The van der Waals surface area contributed by atoms with E-state index in [4.69, 9.17) is 4.74 Å². The normalized spacial score (nSPS) is 29.2. The molecule has 0 amide bonds. The Bertz CT molecular complexity index is 662. The van der Waals surface area contributed by atoms with E-state index in [1.807, 2.05) is 12.1 Å². The predicted molar refractivity (Wildman–Crippen MR) is 96.6 cm³/mol. The molecular formula is C21H27NO3. The molecule has 2 heterocycles. The van der Waals surface area contributed by atoms with Gasteiger partial charge in [-0.2, -0.15) is 0 Å². The van der Waals surface area contributed by atoms with Crippen molar-refractivity contribution in [3.8, 4) is 5.75 Å². The van der Waals surface area contributed by atoms with Crippen molar-refractivity contribution in [2.75, 3.05) is 7.05 Å². The molecule has 2 bridgehead atoms. The fraction of sp³-hybridized carbons (Fsp3) is 0.571. The molecule has 4 rings (SSSR count). The Labute approximate surface area is 149 Å². The molecule has 1 aromatic rings. The molecule has 4 nitrogen and oxygen atoms in total. The number of hydrogen-bond acceptors (Lipinski definition) is 4. The zero-order valence-electron chi connectivity index (χ0n) is 14.9. The Hall–Kier alpha value is -1.81. The summed E-state index contributed by atoms with van der Waals surface area (Å²) >= 11 is 0. The maximum absolute atomic E-state index is 12.5. The van der Waals surface area contributed by atoms with Gasteiger partial charge in [-0.25, -0.2) is 0 Å². The van der Waals surface area contributed by atoms with E-state index in [1.165, 1.54) is 12.8 Å². The van der Waals surface area contributed by atoms with Gasteiger partial charge in [0.25, 0.3) is 0 Å². The smallest absolute Gasteiger partial charge is 0.310 e. The first kappa shape index (κ1) is 16.6.